The summed E-state index contributed by atoms with van der Waals surface area (Å²) in [5.74, 6) is 0. The van der Waals surface area contributed by atoms with Crippen LogP contribution in [0.4, 0.5) is 5.69 Å². The highest BCUT2D eigenvalue weighted by Gasteiger charge is 2.17. The smallest absolute Gasteiger partial charge is 0.287 e. The molecule has 0 atom stereocenters. The second kappa shape index (κ2) is 6.02. The zero-order valence-electron chi connectivity index (χ0n) is 10.9. The maximum Gasteiger partial charge on any atom is 0.287 e. The van der Waals surface area contributed by atoms with Crippen molar-refractivity contribution in [3.05, 3.63) is 34.2 Å². The van der Waals surface area contributed by atoms with Crippen LogP contribution < -0.4 is 10.9 Å². The third kappa shape index (κ3) is 3.58. The summed E-state index contributed by atoms with van der Waals surface area (Å²) in [6.45, 7) is 8.27. The lowest BCUT2D eigenvalue weighted by Gasteiger charge is -2.23. The van der Waals surface area contributed by atoms with E-state index in [1.165, 1.54) is 10.9 Å². The van der Waals surface area contributed by atoms with Crippen LogP contribution in [0, 0.1) is 0 Å². The molecule has 0 aromatic carbocycles. The number of hydrogen-bond donors (Lipinski definition) is 1. The molecule has 5 nitrogen and oxygen atoms in total. The molecule has 0 aliphatic heterocycles. The summed E-state index contributed by atoms with van der Waals surface area (Å²) in [5, 5.41) is 7.18. The van der Waals surface area contributed by atoms with E-state index in [1.807, 2.05) is 13.8 Å². The lowest BCUT2D eigenvalue weighted by molar-refractivity contribution is 0.0344. The van der Waals surface area contributed by atoms with Crippen molar-refractivity contribution in [1.29, 1.82) is 0 Å². The quantitative estimate of drug-likeness (QED) is 0.803. The van der Waals surface area contributed by atoms with E-state index in [0.29, 0.717) is 18.8 Å². The molecular weight excluding hydrogens is 254 g/mol. The predicted octanol–water partition coefficient (Wildman–Crippen LogP) is 1.92. The molecule has 0 bridgehead atoms. The Hall–Kier alpha value is -1.33. The number of hydrogen-bond acceptors (Lipinski definition) is 4. The van der Waals surface area contributed by atoms with Crippen molar-refractivity contribution < 1.29 is 4.74 Å². The van der Waals surface area contributed by atoms with E-state index in [0.717, 1.165) is 0 Å². The second-order valence-corrected chi connectivity index (χ2v) is 4.84. The topological polar surface area (TPSA) is 56.1 Å². The Morgan fingerprint density at radius 3 is 2.89 bits per heavy atom. The van der Waals surface area contributed by atoms with Crippen molar-refractivity contribution in [1.82, 2.24) is 9.78 Å². The minimum absolute atomic E-state index is 0.124. The van der Waals surface area contributed by atoms with Gasteiger partial charge in [0, 0.05) is 13.7 Å². The Labute approximate surface area is 111 Å². The first-order valence-corrected chi connectivity index (χ1v) is 5.94. The fraction of sp³-hybridized carbons (Fsp3) is 0.500. The molecule has 0 spiro atoms. The molecule has 1 heterocycles. The highest BCUT2D eigenvalue weighted by atomic mass is 35.5. The first-order valence-electron chi connectivity index (χ1n) is 5.57. The van der Waals surface area contributed by atoms with Crippen LogP contribution in [0.15, 0.2) is 23.6 Å². The van der Waals surface area contributed by atoms with E-state index in [9.17, 15) is 4.79 Å². The van der Waals surface area contributed by atoms with Crippen LogP contribution >= 0.6 is 11.6 Å². The van der Waals surface area contributed by atoms with Crippen molar-refractivity contribution in [2.45, 2.75) is 26.0 Å². The SMILES string of the molecule is C=CCn1ncc(NCC(C)(C)OC)c(Cl)c1=O. The summed E-state index contributed by atoms with van der Waals surface area (Å²) < 4.78 is 6.52. The highest BCUT2D eigenvalue weighted by Crippen LogP contribution is 2.17. The molecule has 0 saturated heterocycles. The van der Waals surface area contributed by atoms with Gasteiger partial charge in [0.2, 0.25) is 0 Å². The molecule has 1 aromatic heterocycles. The van der Waals surface area contributed by atoms with Gasteiger partial charge in [-0.15, -0.1) is 6.58 Å². The standard InChI is InChI=1S/C12H18ClN3O2/c1-5-6-16-11(17)10(13)9(7-15-16)14-8-12(2,3)18-4/h5,7,14H,1,6,8H2,2-4H3. The minimum atomic E-state index is -0.348. The van der Waals surface area contributed by atoms with Crippen LogP contribution in [0.2, 0.25) is 5.02 Å². The Morgan fingerprint density at radius 2 is 2.33 bits per heavy atom. The van der Waals surface area contributed by atoms with E-state index in [-0.39, 0.29) is 16.2 Å². The summed E-state index contributed by atoms with van der Waals surface area (Å²) >= 11 is 6.00. The summed E-state index contributed by atoms with van der Waals surface area (Å²) in [4.78, 5) is 11.8. The Balaban J connectivity index is 2.89. The van der Waals surface area contributed by atoms with E-state index in [1.54, 1.807) is 13.2 Å². The second-order valence-electron chi connectivity index (χ2n) is 4.47. The maximum absolute atomic E-state index is 11.8. The molecule has 100 valence electrons. The van der Waals surface area contributed by atoms with Gasteiger partial charge in [-0.2, -0.15) is 5.10 Å². The van der Waals surface area contributed by atoms with Crippen molar-refractivity contribution in [2.24, 2.45) is 0 Å². The van der Waals surface area contributed by atoms with Gasteiger partial charge in [-0.1, -0.05) is 17.7 Å². The van der Waals surface area contributed by atoms with Gasteiger partial charge in [-0.25, -0.2) is 4.68 Å². The third-order valence-electron chi connectivity index (χ3n) is 2.54. The largest absolute Gasteiger partial charge is 0.379 e. The lowest BCUT2D eigenvalue weighted by atomic mass is 10.1. The molecule has 0 unspecified atom stereocenters. The average Bonchev–Trinajstić information content (AvgIpc) is 2.34. The van der Waals surface area contributed by atoms with Crippen molar-refractivity contribution in [3.8, 4) is 0 Å². The number of halogens is 1. The lowest BCUT2D eigenvalue weighted by Crippen LogP contribution is -2.33. The zero-order chi connectivity index (χ0) is 13.8. The number of allylic oxidation sites excluding steroid dienone is 1. The predicted molar refractivity (Wildman–Crippen MR) is 73.3 cm³/mol. The normalized spacial score (nSPS) is 11.3. The van der Waals surface area contributed by atoms with Crippen molar-refractivity contribution in [2.75, 3.05) is 19.0 Å². The molecule has 0 aliphatic carbocycles. The molecule has 1 aromatic rings. The van der Waals surface area contributed by atoms with Crippen LogP contribution in [-0.2, 0) is 11.3 Å². The Kier molecular flexibility index (Phi) is 4.93. The highest BCUT2D eigenvalue weighted by molar-refractivity contribution is 6.32. The summed E-state index contributed by atoms with van der Waals surface area (Å²) in [6.07, 6.45) is 3.12. The van der Waals surface area contributed by atoms with E-state index < -0.39 is 0 Å². The van der Waals surface area contributed by atoms with Gasteiger partial charge in [0.1, 0.15) is 5.02 Å². The summed E-state index contributed by atoms with van der Waals surface area (Å²) in [6, 6.07) is 0. The summed E-state index contributed by atoms with van der Waals surface area (Å²) in [5.41, 5.74) is -0.178. The number of nitrogens with zero attached hydrogens (tertiary/aromatic N) is 2. The molecule has 0 amide bonds. The fourth-order valence-corrected chi connectivity index (χ4v) is 1.43. The molecule has 1 N–H and O–H groups in total. The van der Waals surface area contributed by atoms with Gasteiger partial charge in [0.15, 0.2) is 0 Å². The number of ether oxygens (including phenoxy) is 1. The number of methoxy groups -OCH3 is 1. The average molecular weight is 272 g/mol. The van der Waals surface area contributed by atoms with Crippen LogP contribution in [0.5, 0.6) is 0 Å². The van der Waals surface area contributed by atoms with E-state index in [4.69, 9.17) is 16.3 Å². The first-order chi connectivity index (χ1) is 8.41. The molecule has 0 saturated carbocycles. The van der Waals surface area contributed by atoms with Gasteiger partial charge in [0.05, 0.1) is 24.0 Å². The van der Waals surface area contributed by atoms with Gasteiger partial charge in [-0.05, 0) is 13.8 Å². The fourth-order valence-electron chi connectivity index (χ4n) is 1.22. The maximum atomic E-state index is 11.8. The molecule has 1 rings (SSSR count). The van der Waals surface area contributed by atoms with Gasteiger partial charge < -0.3 is 10.1 Å². The van der Waals surface area contributed by atoms with Crippen LogP contribution in [-0.4, -0.2) is 29.0 Å². The van der Waals surface area contributed by atoms with Crippen LogP contribution in [0.25, 0.3) is 0 Å². The van der Waals surface area contributed by atoms with Gasteiger partial charge in [0.25, 0.3) is 5.56 Å². The molecule has 0 fully saturated rings. The molecule has 6 heteroatoms. The first kappa shape index (κ1) is 14.7. The molecular formula is C12H18ClN3O2. The van der Waals surface area contributed by atoms with Gasteiger partial charge >= 0.3 is 0 Å². The van der Waals surface area contributed by atoms with E-state index in [2.05, 4.69) is 17.0 Å². The van der Waals surface area contributed by atoms with E-state index >= 15 is 0 Å². The van der Waals surface area contributed by atoms with Crippen LogP contribution in [0.3, 0.4) is 0 Å². The number of aromatic nitrogens is 2. The molecule has 0 aliphatic rings. The van der Waals surface area contributed by atoms with Crippen molar-refractivity contribution in [3.63, 3.8) is 0 Å². The molecule has 18 heavy (non-hydrogen) atoms. The zero-order valence-corrected chi connectivity index (χ0v) is 11.6. The van der Waals surface area contributed by atoms with Crippen LogP contribution in [0.1, 0.15) is 13.8 Å². The Bertz CT molecular complexity index is 483. The third-order valence-corrected chi connectivity index (χ3v) is 2.91. The van der Waals surface area contributed by atoms with Crippen molar-refractivity contribution >= 4 is 17.3 Å². The monoisotopic (exact) mass is 271 g/mol. The number of nitrogens with one attached hydrogen (secondary N) is 1. The summed E-state index contributed by atoms with van der Waals surface area (Å²) in [7, 11) is 1.63. The number of anilines is 1. The minimum Gasteiger partial charge on any atom is -0.379 e. The molecule has 0 radical (unpaired) electrons. The number of rotatable bonds is 6. The Morgan fingerprint density at radius 1 is 1.67 bits per heavy atom. The van der Waals surface area contributed by atoms with Gasteiger partial charge in [-0.3, -0.25) is 4.79 Å².